The molecule has 1 N–H and O–H groups in total. The first-order valence-electron chi connectivity index (χ1n) is 9.31. The maximum Gasteiger partial charge on any atom is 0.193 e. The van der Waals surface area contributed by atoms with E-state index in [0.717, 1.165) is 48.5 Å². The summed E-state index contributed by atoms with van der Waals surface area (Å²) in [5, 5.41) is 3.45. The second kappa shape index (κ2) is 10.8. The van der Waals surface area contributed by atoms with Crippen LogP contribution in [0.4, 0.5) is 4.39 Å². The summed E-state index contributed by atoms with van der Waals surface area (Å²) in [5.41, 5.74) is 0.773. The Morgan fingerprint density at radius 2 is 2.08 bits per heavy atom. The number of rotatable bonds is 5. The zero-order valence-electron chi connectivity index (χ0n) is 15.4. The zero-order valence-corrected chi connectivity index (χ0v) is 19.3. The van der Waals surface area contributed by atoms with Crippen molar-refractivity contribution in [3.05, 3.63) is 34.1 Å². The van der Waals surface area contributed by atoms with Gasteiger partial charge in [0.25, 0.3) is 0 Å². The summed E-state index contributed by atoms with van der Waals surface area (Å²) in [6, 6.07) is 5.96. The van der Waals surface area contributed by atoms with Crippen LogP contribution in [0.3, 0.4) is 0 Å². The van der Waals surface area contributed by atoms with Gasteiger partial charge in [0.1, 0.15) is 5.82 Å². The quantitative estimate of drug-likeness (QED) is 0.267. The van der Waals surface area contributed by atoms with E-state index in [1.54, 1.807) is 0 Å². The molecule has 2 aliphatic heterocycles. The highest BCUT2D eigenvalue weighted by molar-refractivity contribution is 14.0. The van der Waals surface area contributed by atoms with Crippen LogP contribution in [-0.2, 0) is 6.42 Å². The van der Waals surface area contributed by atoms with Crippen LogP contribution < -0.4 is 5.32 Å². The summed E-state index contributed by atoms with van der Waals surface area (Å²) in [7, 11) is 1.85. The molecule has 7 heteroatoms. The normalized spacial score (nSPS) is 21.1. The van der Waals surface area contributed by atoms with Crippen molar-refractivity contribution >= 4 is 45.9 Å². The van der Waals surface area contributed by atoms with E-state index in [4.69, 9.17) is 0 Å². The average molecular weight is 539 g/mol. The molecule has 2 heterocycles. The molecule has 0 bridgehead atoms. The maximum absolute atomic E-state index is 13.9. The van der Waals surface area contributed by atoms with E-state index in [2.05, 4.69) is 36.0 Å². The number of halogens is 3. The van der Waals surface area contributed by atoms with Crippen LogP contribution in [0.25, 0.3) is 0 Å². The number of nitrogens with zero attached hydrogens (tertiary/aromatic N) is 3. The molecule has 2 fully saturated rings. The van der Waals surface area contributed by atoms with Crippen molar-refractivity contribution in [1.29, 1.82) is 0 Å². The van der Waals surface area contributed by atoms with E-state index in [-0.39, 0.29) is 29.8 Å². The standard InChI is InChI=1S/C19H28BrFN4.HI/c1-22-19(25-12-8-17(14-25)24-10-2-3-11-24)23-9-4-5-15-6-7-16(20)13-18(15)21;/h6-7,13,17H,2-5,8-12,14H2,1H3,(H,22,23);1H. The predicted octanol–water partition coefficient (Wildman–Crippen LogP) is 3.88. The van der Waals surface area contributed by atoms with Crippen LogP contribution in [-0.4, -0.2) is 61.6 Å². The molecule has 0 aliphatic carbocycles. The van der Waals surface area contributed by atoms with E-state index in [9.17, 15) is 4.39 Å². The van der Waals surface area contributed by atoms with Gasteiger partial charge in [0.2, 0.25) is 0 Å². The minimum absolute atomic E-state index is 0. The highest BCUT2D eigenvalue weighted by Gasteiger charge is 2.30. The Labute approximate surface area is 181 Å². The van der Waals surface area contributed by atoms with Gasteiger partial charge in [0, 0.05) is 37.2 Å². The Balaban J connectivity index is 0.00000243. The molecule has 0 radical (unpaired) electrons. The third kappa shape index (κ3) is 5.79. The summed E-state index contributed by atoms with van der Waals surface area (Å²) < 4.78 is 14.6. The Morgan fingerprint density at radius 3 is 2.77 bits per heavy atom. The number of hydrogen-bond acceptors (Lipinski definition) is 2. The van der Waals surface area contributed by atoms with Crippen LogP contribution in [0.15, 0.2) is 27.7 Å². The summed E-state index contributed by atoms with van der Waals surface area (Å²) in [6.07, 6.45) is 5.54. The first kappa shape index (κ1) is 21.9. The number of hydrogen-bond donors (Lipinski definition) is 1. The lowest BCUT2D eigenvalue weighted by molar-refractivity contribution is 0.249. The first-order chi connectivity index (χ1) is 12.2. The molecule has 146 valence electrons. The van der Waals surface area contributed by atoms with Gasteiger partial charge in [0.15, 0.2) is 5.96 Å². The van der Waals surface area contributed by atoms with Crippen LogP contribution in [0.5, 0.6) is 0 Å². The van der Waals surface area contributed by atoms with Crippen LogP contribution in [0.1, 0.15) is 31.2 Å². The topological polar surface area (TPSA) is 30.9 Å². The lowest BCUT2D eigenvalue weighted by Crippen LogP contribution is -2.43. The fraction of sp³-hybridized carbons (Fsp3) is 0.632. The molecular weight excluding hydrogens is 510 g/mol. The summed E-state index contributed by atoms with van der Waals surface area (Å²) in [4.78, 5) is 9.43. The molecule has 0 aromatic heterocycles. The van der Waals surface area contributed by atoms with Gasteiger partial charge in [-0.2, -0.15) is 0 Å². The molecule has 0 spiro atoms. The van der Waals surface area contributed by atoms with Crippen LogP contribution in [0.2, 0.25) is 0 Å². The summed E-state index contributed by atoms with van der Waals surface area (Å²) in [6.45, 7) is 5.46. The smallest absolute Gasteiger partial charge is 0.193 e. The van der Waals surface area contributed by atoms with Gasteiger partial charge in [-0.15, -0.1) is 24.0 Å². The molecule has 2 aliphatic rings. The fourth-order valence-electron chi connectivity index (χ4n) is 3.87. The molecule has 3 rings (SSSR count). The molecule has 1 atom stereocenters. The highest BCUT2D eigenvalue weighted by atomic mass is 127. The second-order valence-corrected chi connectivity index (χ2v) is 7.86. The van der Waals surface area contributed by atoms with E-state index in [0.29, 0.717) is 6.04 Å². The lowest BCUT2D eigenvalue weighted by atomic mass is 10.1. The number of aliphatic imine (C=N–C) groups is 1. The van der Waals surface area contributed by atoms with Crippen molar-refractivity contribution in [2.75, 3.05) is 39.8 Å². The fourth-order valence-corrected chi connectivity index (χ4v) is 4.21. The number of benzene rings is 1. The SMILES string of the molecule is CN=C(NCCCc1ccc(Br)cc1F)N1CCC(N2CCCC2)C1.I. The van der Waals surface area contributed by atoms with E-state index < -0.39 is 0 Å². The molecular formula is C19H29BrFIN4. The van der Waals surface area contributed by atoms with E-state index in [1.807, 2.05) is 19.2 Å². The van der Waals surface area contributed by atoms with Gasteiger partial charge in [-0.3, -0.25) is 9.89 Å². The highest BCUT2D eigenvalue weighted by Crippen LogP contribution is 2.20. The Hall–Kier alpha value is -0.410. The molecule has 26 heavy (non-hydrogen) atoms. The van der Waals surface area contributed by atoms with E-state index in [1.165, 1.54) is 38.4 Å². The van der Waals surface area contributed by atoms with Gasteiger partial charge in [0.05, 0.1) is 0 Å². The lowest BCUT2D eigenvalue weighted by Gasteiger charge is -2.25. The van der Waals surface area contributed by atoms with Gasteiger partial charge < -0.3 is 10.2 Å². The Morgan fingerprint density at radius 1 is 1.31 bits per heavy atom. The molecule has 2 saturated heterocycles. The van der Waals surface area contributed by atoms with Gasteiger partial charge >= 0.3 is 0 Å². The maximum atomic E-state index is 13.9. The molecule has 0 amide bonds. The van der Waals surface area contributed by atoms with Crippen molar-refractivity contribution in [3.8, 4) is 0 Å². The van der Waals surface area contributed by atoms with Crippen LogP contribution in [0, 0.1) is 5.82 Å². The van der Waals surface area contributed by atoms with Crippen molar-refractivity contribution in [3.63, 3.8) is 0 Å². The predicted molar refractivity (Wildman–Crippen MR) is 120 cm³/mol. The number of aryl methyl sites for hydroxylation is 1. The average Bonchev–Trinajstić information content (AvgIpc) is 3.27. The summed E-state index contributed by atoms with van der Waals surface area (Å²) in [5.74, 6) is 0.852. The van der Waals surface area contributed by atoms with Crippen molar-refractivity contribution < 1.29 is 4.39 Å². The molecule has 1 unspecified atom stereocenters. The minimum atomic E-state index is -0.133. The molecule has 1 aromatic carbocycles. The summed E-state index contributed by atoms with van der Waals surface area (Å²) >= 11 is 3.30. The minimum Gasteiger partial charge on any atom is -0.356 e. The van der Waals surface area contributed by atoms with Crippen molar-refractivity contribution in [2.45, 2.75) is 38.1 Å². The molecule has 4 nitrogen and oxygen atoms in total. The second-order valence-electron chi connectivity index (χ2n) is 6.94. The van der Waals surface area contributed by atoms with E-state index >= 15 is 0 Å². The molecule has 1 aromatic rings. The number of nitrogens with one attached hydrogen (secondary N) is 1. The Bertz CT molecular complexity index is 607. The van der Waals surface area contributed by atoms with Crippen molar-refractivity contribution in [1.82, 2.24) is 15.1 Å². The third-order valence-corrected chi connectivity index (χ3v) is 5.75. The van der Waals surface area contributed by atoms with Gasteiger partial charge in [-0.1, -0.05) is 22.0 Å². The number of likely N-dealkylation sites (tertiary alicyclic amines) is 2. The monoisotopic (exact) mass is 538 g/mol. The van der Waals surface area contributed by atoms with Crippen LogP contribution >= 0.6 is 39.9 Å². The van der Waals surface area contributed by atoms with Gasteiger partial charge in [-0.05, 0) is 62.9 Å². The van der Waals surface area contributed by atoms with Gasteiger partial charge in [-0.25, -0.2) is 4.39 Å². The Kier molecular flexibility index (Phi) is 9.09. The first-order valence-corrected chi connectivity index (χ1v) is 10.1. The zero-order chi connectivity index (χ0) is 17.6. The number of guanidine groups is 1. The molecule has 0 saturated carbocycles. The van der Waals surface area contributed by atoms with Crippen molar-refractivity contribution in [2.24, 2.45) is 4.99 Å². The third-order valence-electron chi connectivity index (χ3n) is 5.25. The largest absolute Gasteiger partial charge is 0.356 e.